The van der Waals surface area contributed by atoms with Gasteiger partial charge in [0.2, 0.25) is 0 Å². The predicted molar refractivity (Wildman–Crippen MR) is 71.1 cm³/mol. The smallest absolute Gasteiger partial charge is 0.0928 e. The summed E-state index contributed by atoms with van der Waals surface area (Å²) in [4.78, 5) is 2.65. The van der Waals surface area contributed by atoms with Crippen LogP contribution in [0.3, 0.4) is 0 Å². The van der Waals surface area contributed by atoms with Crippen molar-refractivity contribution in [3.8, 4) is 0 Å². The van der Waals surface area contributed by atoms with E-state index in [9.17, 15) is 0 Å². The Kier molecular flexibility index (Phi) is 6.53. The van der Waals surface area contributed by atoms with Gasteiger partial charge in [0.25, 0.3) is 0 Å². The lowest BCUT2D eigenvalue weighted by Crippen LogP contribution is -2.31. The first-order valence-electron chi connectivity index (χ1n) is 5.14. The largest absolute Gasteiger partial charge is 0.382 e. The number of halogens is 1. The molecular formula is C11H18BrNO2S. The molecule has 1 aromatic heterocycles. The molecule has 1 aromatic rings. The van der Waals surface area contributed by atoms with Crippen molar-refractivity contribution in [3.63, 3.8) is 0 Å². The molecule has 3 nitrogen and oxygen atoms in total. The Bertz CT molecular complexity index is 297. The fourth-order valence-electron chi connectivity index (χ4n) is 1.36. The summed E-state index contributed by atoms with van der Waals surface area (Å²) in [7, 11) is 3.39. The lowest BCUT2D eigenvalue weighted by atomic mass is 10.3. The van der Waals surface area contributed by atoms with Crippen molar-refractivity contribution in [1.82, 2.24) is 5.32 Å². The molecule has 1 heterocycles. The van der Waals surface area contributed by atoms with Gasteiger partial charge in [0, 0.05) is 41.5 Å². The number of ether oxygens (including phenoxy) is 2. The maximum Gasteiger partial charge on any atom is 0.0928 e. The first-order valence-corrected chi connectivity index (χ1v) is 6.75. The third-order valence-corrected chi connectivity index (χ3v) is 4.40. The summed E-state index contributed by atoms with van der Waals surface area (Å²) in [5.74, 6) is 0. The Morgan fingerprint density at radius 1 is 1.50 bits per heavy atom. The Labute approximate surface area is 109 Å². The minimum atomic E-state index is 0.120. The molecule has 0 spiro atoms. The number of aryl methyl sites for hydroxylation is 1. The van der Waals surface area contributed by atoms with Crippen molar-refractivity contribution >= 4 is 27.3 Å². The molecule has 0 saturated carbocycles. The van der Waals surface area contributed by atoms with E-state index in [1.807, 2.05) is 0 Å². The molecule has 1 N–H and O–H groups in total. The molecule has 1 rings (SSSR count). The third-order valence-electron chi connectivity index (χ3n) is 2.27. The number of hydrogen-bond acceptors (Lipinski definition) is 4. The lowest BCUT2D eigenvalue weighted by molar-refractivity contribution is 0.0288. The van der Waals surface area contributed by atoms with E-state index in [0.717, 1.165) is 13.1 Å². The van der Waals surface area contributed by atoms with Crippen LogP contribution in [0.2, 0.25) is 0 Å². The van der Waals surface area contributed by atoms with Crippen LogP contribution >= 0.6 is 27.3 Å². The first-order chi connectivity index (χ1) is 7.67. The minimum Gasteiger partial charge on any atom is -0.382 e. The molecule has 0 bridgehead atoms. The average molecular weight is 308 g/mol. The van der Waals surface area contributed by atoms with Crippen LogP contribution in [0.25, 0.3) is 0 Å². The number of methoxy groups -OCH3 is 2. The Hall–Kier alpha value is 0.0600. The van der Waals surface area contributed by atoms with Gasteiger partial charge in [0.05, 0.1) is 12.7 Å². The second kappa shape index (κ2) is 7.40. The molecule has 0 aromatic carbocycles. The number of rotatable bonds is 7. The monoisotopic (exact) mass is 307 g/mol. The van der Waals surface area contributed by atoms with E-state index < -0.39 is 0 Å². The summed E-state index contributed by atoms with van der Waals surface area (Å²) < 4.78 is 11.5. The number of hydrogen-bond donors (Lipinski definition) is 1. The van der Waals surface area contributed by atoms with Gasteiger partial charge in [0.15, 0.2) is 0 Å². The first kappa shape index (κ1) is 14.1. The normalized spacial score (nSPS) is 13.0. The molecule has 0 aliphatic rings. The van der Waals surface area contributed by atoms with Crippen LogP contribution in [0.4, 0.5) is 0 Å². The summed E-state index contributed by atoms with van der Waals surface area (Å²) in [5, 5.41) is 3.36. The van der Waals surface area contributed by atoms with Crippen molar-refractivity contribution in [2.24, 2.45) is 0 Å². The Balaban J connectivity index is 2.29. The molecule has 5 heteroatoms. The Morgan fingerprint density at radius 3 is 2.75 bits per heavy atom. The molecule has 1 unspecified atom stereocenters. The zero-order chi connectivity index (χ0) is 12.0. The molecule has 16 heavy (non-hydrogen) atoms. The molecule has 0 radical (unpaired) electrons. The van der Waals surface area contributed by atoms with Crippen LogP contribution < -0.4 is 5.32 Å². The highest BCUT2D eigenvalue weighted by Crippen LogP contribution is 2.25. The SMILES string of the molecule is COCC(CNCc1cc(Br)c(C)s1)OC. The quantitative estimate of drug-likeness (QED) is 0.840. The van der Waals surface area contributed by atoms with Gasteiger partial charge in [-0.1, -0.05) is 0 Å². The Morgan fingerprint density at radius 2 is 2.25 bits per heavy atom. The van der Waals surface area contributed by atoms with Gasteiger partial charge in [-0.25, -0.2) is 0 Å². The van der Waals surface area contributed by atoms with Crippen molar-refractivity contribution in [2.75, 3.05) is 27.4 Å². The second-order valence-corrected chi connectivity index (χ2v) is 5.76. The lowest BCUT2D eigenvalue weighted by Gasteiger charge is -2.14. The maximum absolute atomic E-state index is 5.26. The molecule has 0 amide bonds. The summed E-state index contributed by atoms with van der Waals surface area (Å²) >= 11 is 5.32. The average Bonchev–Trinajstić information content (AvgIpc) is 2.57. The maximum atomic E-state index is 5.26. The van der Waals surface area contributed by atoms with Gasteiger partial charge in [-0.3, -0.25) is 0 Å². The molecule has 0 saturated heterocycles. The molecule has 0 fully saturated rings. The van der Waals surface area contributed by atoms with Crippen molar-refractivity contribution in [1.29, 1.82) is 0 Å². The molecular weight excluding hydrogens is 290 g/mol. The van der Waals surface area contributed by atoms with Gasteiger partial charge >= 0.3 is 0 Å². The van der Waals surface area contributed by atoms with Crippen molar-refractivity contribution in [3.05, 3.63) is 20.3 Å². The van der Waals surface area contributed by atoms with E-state index in [0.29, 0.717) is 6.61 Å². The fourth-order valence-corrected chi connectivity index (χ4v) is 2.93. The minimum absolute atomic E-state index is 0.120. The highest BCUT2D eigenvalue weighted by Gasteiger charge is 2.07. The van der Waals surface area contributed by atoms with E-state index >= 15 is 0 Å². The van der Waals surface area contributed by atoms with Gasteiger partial charge < -0.3 is 14.8 Å². The third kappa shape index (κ3) is 4.51. The fraction of sp³-hybridized carbons (Fsp3) is 0.636. The topological polar surface area (TPSA) is 30.5 Å². The highest BCUT2D eigenvalue weighted by atomic mass is 79.9. The van der Waals surface area contributed by atoms with Gasteiger partial charge in [-0.05, 0) is 28.9 Å². The molecule has 92 valence electrons. The zero-order valence-electron chi connectivity index (χ0n) is 9.88. The van der Waals surface area contributed by atoms with Gasteiger partial charge in [-0.2, -0.15) is 0 Å². The van der Waals surface area contributed by atoms with Crippen LogP contribution in [-0.2, 0) is 16.0 Å². The standard InChI is InChI=1S/C11H18BrNO2S/c1-8-11(12)4-10(16-8)6-13-5-9(15-3)7-14-2/h4,9,13H,5-7H2,1-3H3. The number of thiophene rings is 1. The van der Waals surface area contributed by atoms with Gasteiger partial charge in [0.1, 0.15) is 0 Å². The molecule has 0 aliphatic carbocycles. The van der Waals surface area contributed by atoms with Crippen LogP contribution in [-0.4, -0.2) is 33.5 Å². The second-order valence-electron chi connectivity index (χ2n) is 3.56. The van der Waals surface area contributed by atoms with Gasteiger partial charge in [-0.15, -0.1) is 11.3 Å². The summed E-state index contributed by atoms with van der Waals surface area (Å²) in [6, 6.07) is 2.16. The summed E-state index contributed by atoms with van der Waals surface area (Å²) in [6.07, 6.45) is 0.120. The summed E-state index contributed by atoms with van der Waals surface area (Å²) in [6.45, 7) is 4.41. The van der Waals surface area contributed by atoms with E-state index in [1.54, 1.807) is 25.6 Å². The zero-order valence-corrected chi connectivity index (χ0v) is 12.3. The highest BCUT2D eigenvalue weighted by molar-refractivity contribution is 9.10. The van der Waals surface area contributed by atoms with Crippen molar-refractivity contribution in [2.45, 2.75) is 19.6 Å². The van der Waals surface area contributed by atoms with E-state index in [-0.39, 0.29) is 6.10 Å². The van der Waals surface area contributed by atoms with E-state index in [2.05, 4.69) is 34.2 Å². The number of nitrogens with one attached hydrogen (secondary N) is 1. The molecule has 1 atom stereocenters. The van der Waals surface area contributed by atoms with Crippen LogP contribution in [0.5, 0.6) is 0 Å². The van der Waals surface area contributed by atoms with Crippen molar-refractivity contribution < 1.29 is 9.47 Å². The predicted octanol–water partition coefficient (Wildman–Crippen LogP) is 2.57. The van der Waals surface area contributed by atoms with E-state index in [1.165, 1.54) is 14.2 Å². The molecule has 0 aliphatic heterocycles. The van der Waals surface area contributed by atoms with Crippen LogP contribution in [0, 0.1) is 6.92 Å². The van der Waals surface area contributed by atoms with Crippen LogP contribution in [0.1, 0.15) is 9.75 Å². The van der Waals surface area contributed by atoms with E-state index in [4.69, 9.17) is 9.47 Å². The van der Waals surface area contributed by atoms with Crippen LogP contribution in [0.15, 0.2) is 10.5 Å². The summed E-state index contributed by atoms with van der Waals surface area (Å²) in [5.41, 5.74) is 0.